The lowest BCUT2D eigenvalue weighted by molar-refractivity contribution is -0.122. The highest BCUT2D eigenvalue weighted by atomic mass is 32.1. The predicted octanol–water partition coefficient (Wildman–Crippen LogP) is 3.43. The lowest BCUT2D eigenvalue weighted by atomic mass is 10.0. The third-order valence-corrected chi connectivity index (χ3v) is 5.83. The number of piperidine rings is 1. The number of benzene rings is 1. The number of aromatic nitrogens is 1. The Bertz CT molecular complexity index is 900. The van der Waals surface area contributed by atoms with Gasteiger partial charge in [-0.15, -0.1) is 17.8 Å². The number of hydrogen-bond donors (Lipinski definition) is 2. The van der Waals surface area contributed by atoms with E-state index in [1.165, 1.54) is 18.3 Å². The molecule has 1 fully saturated rings. The molecule has 2 amide bonds. The zero-order valence-corrected chi connectivity index (χ0v) is 17.6. The molecule has 2 heterocycles. The Balaban J connectivity index is 1.65. The van der Waals surface area contributed by atoms with Crippen molar-refractivity contribution in [2.24, 2.45) is 0 Å². The third kappa shape index (κ3) is 5.43. The van der Waals surface area contributed by atoms with E-state index in [9.17, 15) is 9.59 Å². The number of rotatable bonds is 6. The molecule has 29 heavy (non-hydrogen) atoms. The summed E-state index contributed by atoms with van der Waals surface area (Å²) in [6.45, 7) is 4.80. The van der Waals surface area contributed by atoms with Gasteiger partial charge in [-0.3, -0.25) is 14.5 Å². The second-order valence-electron chi connectivity index (χ2n) is 7.26. The minimum atomic E-state index is -0.193. The van der Waals surface area contributed by atoms with Gasteiger partial charge in [-0.05, 0) is 31.9 Å². The van der Waals surface area contributed by atoms with Gasteiger partial charge in [0.2, 0.25) is 11.8 Å². The Morgan fingerprint density at radius 3 is 2.79 bits per heavy atom. The van der Waals surface area contributed by atoms with Gasteiger partial charge in [0.05, 0.1) is 24.3 Å². The van der Waals surface area contributed by atoms with Crippen molar-refractivity contribution in [2.75, 3.05) is 18.4 Å². The van der Waals surface area contributed by atoms with Crippen molar-refractivity contribution in [1.82, 2.24) is 15.2 Å². The molecular weight excluding hydrogens is 384 g/mol. The highest BCUT2D eigenvalue weighted by Crippen LogP contribution is 2.27. The SMILES string of the molecule is C#CCN1CCCCC1C(=O)Nc1nc(-c2ccc(C(C)NC(C)=O)cc2)cs1. The molecule has 2 unspecified atom stereocenters. The highest BCUT2D eigenvalue weighted by molar-refractivity contribution is 7.14. The fraction of sp³-hybridized carbons (Fsp3) is 0.409. The Labute approximate surface area is 175 Å². The Hall–Kier alpha value is -2.69. The Kier molecular flexibility index (Phi) is 7.02. The molecule has 152 valence electrons. The summed E-state index contributed by atoms with van der Waals surface area (Å²) in [5, 5.41) is 8.35. The number of carbonyl (C=O) groups is 2. The van der Waals surface area contributed by atoms with Gasteiger partial charge in [-0.1, -0.05) is 36.6 Å². The zero-order chi connectivity index (χ0) is 20.8. The van der Waals surface area contributed by atoms with E-state index in [4.69, 9.17) is 6.42 Å². The second kappa shape index (κ2) is 9.68. The summed E-state index contributed by atoms with van der Waals surface area (Å²) in [7, 11) is 0. The van der Waals surface area contributed by atoms with Gasteiger partial charge in [0, 0.05) is 17.9 Å². The first-order valence-electron chi connectivity index (χ1n) is 9.79. The smallest absolute Gasteiger partial charge is 0.243 e. The number of terminal acetylenes is 1. The molecule has 0 radical (unpaired) electrons. The maximum atomic E-state index is 12.7. The van der Waals surface area contributed by atoms with Crippen LogP contribution < -0.4 is 10.6 Å². The van der Waals surface area contributed by atoms with Crippen LogP contribution in [0.5, 0.6) is 0 Å². The first kappa shape index (κ1) is 21.0. The van der Waals surface area contributed by atoms with E-state index < -0.39 is 0 Å². The van der Waals surface area contributed by atoms with Crippen molar-refractivity contribution in [3.8, 4) is 23.6 Å². The minimum absolute atomic E-state index is 0.0414. The van der Waals surface area contributed by atoms with Crippen molar-refractivity contribution < 1.29 is 9.59 Å². The summed E-state index contributed by atoms with van der Waals surface area (Å²) in [4.78, 5) is 30.6. The summed E-state index contributed by atoms with van der Waals surface area (Å²) in [6.07, 6.45) is 8.37. The summed E-state index contributed by atoms with van der Waals surface area (Å²) in [5.41, 5.74) is 2.80. The van der Waals surface area contributed by atoms with Gasteiger partial charge >= 0.3 is 0 Å². The van der Waals surface area contributed by atoms with Crippen LogP contribution in [0.4, 0.5) is 5.13 Å². The molecule has 2 aromatic rings. The molecule has 0 spiro atoms. The second-order valence-corrected chi connectivity index (χ2v) is 8.12. The molecule has 2 N–H and O–H groups in total. The van der Waals surface area contributed by atoms with E-state index in [1.54, 1.807) is 0 Å². The van der Waals surface area contributed by atoms with Crippen LogP contribution in [0.3, 0.4) is 0 Å². The van der Waals surface area contributed by atoms with Crippen LogP contribution in [-0.2, 0) is 9.59 Å². The summed E-state index contributed by atoms with van der Waals surface area (Å²) in [6, 6.07) is 7.67. The van der Waals surface area contributed by atoms with E-state index in [1.807, 2.05) is 36.6 Å². The van der Waals surface area contributed by atoms with Crippen LogP contribution in [-0.4, -0.2) is 40.8 Å². The maximum Gasteiger partial charge on any atom is 0.243 e. The quantitative estimate of drug-likeness (QED) is 0.716. The van der Waals surface area contributed by atoms with E-state index in [2.05, 4.69) is 26.4 Å². The van der Waals surface area contributed by atoms with E-state index in [0.717, 1.165) is 42.6 Å². The topological polar surface area (TPSA) is 74.3 Å². The lowest BCUT2D eigenvalue weighted by Gasteiger charge is -2.32. The average Bonchev–Trinajstić information content (AvgIpc) is 3.16. The molecule has 6 nitrogen and oxygen atoms in total. The van der Waals surface area contributed by atoms with Crippen LogP contribution in [0.25, 0.3) is 11.3 Å². The van der Waals surface area contributed by atoms with Gasteiger partial charge < -0.3 is 10.6 Å². The number of likely N-dealkylation sites (tertiary alicyclic amines) is 1. The molecule has 0 saturated carbocycles. The molecule has 1 aromatic heterocycles. The summed E-state index contributed by atoms with van der Waals surface area (Å²) >= 11 is 1.41. The third-order valence-electron chi connectivity index (χ3n) is 5.07. The predicted molar refractivity (Wildman–Crippen MR) is 116 cm³/mol. The van der Waals surface area contributed by atoms with E-state index >= 15 is 0 Å². The average molecular weight is 411 g/mol. The van der Waals surface area contributed by atoms with Crippen LogP contribution in [0.1, 0.15) is 44.7 Å². The molecule has 3 rings (SSSR count). The molecule has 1 aliphatic heterocycles. The lowest BCUT2D eigenvalue weighted by Crippen LogP contribution is -2.47. The zero-order valence-electron chi connectivity index (χ0n) is 16.8. The van der Waals surface area contributed by atoms with E-state index in [-0.39, 0.29) is 23.9 Å². The molecular formula is C22H26N4O2S. The molecule has 1 aliphatic rings. The van der Waals surface area contributed by atoms with Gasteiger partial charge in [-0.25, -0.2) is 4.98 Å². The monoisotopic (exact) mass is 410 g/mol. The molecule has 0 bridgehead atoms. The minimum Gasteiger partial charge on any atom is -0.350 e. The van der Waals surface area contributed by atoms with Crippen LogP contribution in [0.2, 0.25) is 0 Å². The maximum absolute atomic E-state index is 12.7. The van der Waals surface area contributed by atoms with Crippen molar-refractivity contribution >= 4 is 28.3 Å². The Morgan fingerprint density at radius 2 is 2.10 bits per heavy atom. The van der Waals surface area contributed by atoms with Crippen molar-refractivity contribution in [3.63, 3.8) is 0 Å². The highest BCUT2D eigenvalue weighted by Gasteiger charge is 2.28. The van der Waals surface area contributed by atoms with Crippen molar-refractivity contribution in [1.29, 1.82) is 0 Å². The standard InChI is InChI=1S/C22H26N4O2S/c1-4-12-26-13-6-5-7-20(26)21(28)25-22-24-19(14-29-22)18-10-8-17(9-11-18)15(2)23-16(3)27/h1,8-11,14-15,20H,5-7,12-13H2,2-3H3,(H,23,27)(H,24,25,28). The van der Waals surface area contributed by atoms with Crippen LogP contribution in [0, 0.1) is 12.3 Å². The number of amides is 2. The van der Waals surface area contributed by atoms with Gasteiger partial charge in [0.1, 0.15) is 0 Å². The fourth-order valence-electron chi connectivity index (χ4n) is 3.58. The number of nitrogens with zero attached hydrogens (tertiary/aromatic N) is 2. The summed E-state index contributed by atoms with van der Waals surface area (Å²) in [5.74, 6) is 2.55. The van der Waals surface area contributed by atoms with Gasteiger partial charge in [0.25, 0.3) is 0 Å². The first-order chi connectivity index (χ1) is 14.0. The van der Waals surface area contributed by atoms with Gasteiger partial charge in [-0.2, -0.15) is 0 Å². The van der Waals surface area contributed by atoms with E-state index in [0.29, 0.717) is 11.7 Å². The molecule has 0 aliphatic carbocycles. The summed E-state index contributed by atoms with van der Waals surface area (Å²) < 4.78 is 0. The molecule has 7 heteroatoms. The number of anilines is 1. The molecule has 2 atom stereocenters. The van der Waals surface area contributed by atoms with Crippen LogP contribution >= 0.6 is 11.3 Å². The van der Waals surface area contributed by atoms with Crippen molar-refractivity contribution in [2.45, 2.75) is 45.2 Å². The first-order valence-corrected chi connectivity index (χ1v) is 10.7. The number of nitrogens with one attached hydrogen (secondary N) is 2. The number of hydrogen-bond acceptors (Lipinski definition) is 5. The molecule has 1 saturated heterocycles. The van der Waals surface area contributed by atoms with Gasteiger partial charge in [0.15, 0.2) is 5.13 Å². The molecule has 1 aromatic carbocycles. The van der Waals surface area contributed by atoms with Crippen molar-refractivity contribution in [3.05, 3.63) is 35.2 Å². The normalized spacial score (nSPS) is 17.9. The number of carbonyl (C=O) groups excluding carboxylic acids is 2. The number of thiazole rings is 1. The fourth-order valence-corrected chi connectivity index (χ4v) is 4.30. The van der Waals surface area contributed by atoms with Crippen LogP contribution in [0.15, 0.2) is 29.6 Å². The Morgan fingerprint density at radius 1 is 1.34 bits per heavy atom. The largest absolute Gasteiger partial charge is 0.350 e.